The fourth-order valence-electron chi connectivity index (χ4n) is 5.41. The number of aromatic nitrogens is 3. The predicted octanol–water partition coefficient (Wildman–Crippen LogP) is 8.61. The number of carbonyl (C=O) groups excluding carboxylic acids is 2. The van der Waals surface area contributed by atoms with E-state index in [2.05, 4.69) is 53.0 Å². The molecule has 12 heteroatoms. The second-order valence-electron chi connectivity index (χ2n) is 17.0. The molecule has 1 saturated heterocycles. The van der Waals surface area contributed by atoms with Gasteiger partial charge in [0.15, 0.2) is 14.0 Å². The Morgan fingerprint density at radius 2 is 1.63 bits per heavy atom. The minimum atomic E-state index is -2.07. The largest absolute Gasteiger partial charge is 0.444 e. The smallest absolute Gasteiger partial charge is 0.416 e. The molecule has 0 bridgehead atoms. The van der Waals surface area contributed by atoms with Crippen LogP contribution in [0.2, 0.25) is 18.1 Å². The number of nitrogens with one attached hydrogen (secondary N) is 1. The van der Waals surface area contributed by atoms with Crippen LogP contribution in [0.15, 0.2) is 42.6 Å². The lowest BCUT2D eigenvalue weighted by Crippen LogP contribution is -2.46. The third-order valence-corrected chi connectivity index (χ3v) is 13.5. The zero-order valence-electron chi connectivity index (χ0n) is 31.9. The number of hydrogen-bond acceptors (Lipinski definition) is 8. The van der Waals surface area contributed by atoms with Gasteiger partial charge in [0.05, 0.1) is 25.4 Å². The highest BCUT2D eigenvalue weighted by molar-refractivity contribution is 6.74. The molecule has 2 unspecified atom stereocenters. The number of hydrogen-bond donors (Lipinski definition) is 1. The maximum absolute atomic E-state index is 13.9. The quantitative estimate of drug-likeness (QED) is 0.222. The van der Waals surface area contributed by atoms with E-state index in [-0.39, 0.29) is 35.7 Å². The van der Waals surface area contributed by atoms with Gasteiger partial charge in [-0.3, -0.25) is 4.90 Å². The summed E-state index contributed by atoms with van der Waals surface area (Å²) in [7, 11) is -2.07. The third-order valence-electron chi connectivity index (χ3n) is 9.01. The van der Waals surface area contributed by atoms with Gasteiger partial charge in [-0.05, 0) is 77.6 Å². The molecule has 1 aliphatic rings. The van der Waals surface area contributed by atoms with Crippen molar-refractivity contribution in [3.8, 4) is 0 Å². The van der Waals surface area contributed by atoms with Crippen molar-refractivity contribution in [3.63, 3.8) is 0 Å². The average molecular weight is 695 g/mol. The fraction of sp³-hybridized carbons (Fsp3) is 0.622. The Labute approximate surface area is 293 Å². The Morgan fingerprint density at radius 3 is 2.20 bits per heavy atom. The molecule has 49 heavy (non-hydrogen) atoms. The van der Waals surface area contributed by atoms with Crippen LogP contribution in [0.5, 0.6) is 0 Å². The highest BCUT2D eigenvalue weighted by atomic mass is 28.4. The summed E-state index contributed by atoms with van der Waals surface area (Å²) in [6.07, 6.45) is 1.61. The summed E-state index contributed by atoms with van der Waals surface area (Å²) in [6, 6.07) is 11.3. The van der Waals surface area contributed by atoms with Crippen molar-refractivity contribution >= 4 is 37.8 Å². The summed E-state index contributed by atoms with van der Waals surface area (Å²) in [4.78, 5) is 35.8. The van der Waals surface area contributed by atoms with Gasteiger partial charge in [0, 0.05) is 24.2 Å². The zero-order valence-corrected chi connectivity index (χ0v) is 32.9. The number of anilines is 2. The molecule has 2 aromatic heterocycles. The Hall–Kier alpha value is -3.64. The number of amides is 2. The summed E-state index contributed by atoms with van der Waals surface area (Å²) in [5.41, 5.74) is 1.21. The summed E-state index contributed by atoms with van der Waals surface area (Å²) in [6.45, 7) is 27.6. The molecular formula is C37H58N6O5Si. The van der Waals surface area contributed by atoms with Crippen LogP contribution < -0.4 is 10.2 Å². The zero-order chi connectivity index (χ0) is 36.5. The van der Waals surface area contributed by atoms with Gasteiger partial charge in [-0.1, -0.05) is 65.0 Å². The molecule has 2 atom stereocenters. The van der Waals surface area contributed by atoms with Crippen molar-refractivity contribution in [1.29, 1.82) is 0 Å². The Morgan fingerprint density at radius 1 is 1.00 bits per heavy atom. The van der Waals surface area contributed by atoms with Crippen molar-refractivity contribution in [2.75, 3.05) is 23.4 Å². The minimum absolute atomic E-state index is 0.0366. The van der Waals surface area contributed by atoms with Gasteiger partial charge in [0.2, 0.25) is 0 Å². The van der Waals surface area contributed by atoms with Crippen LogP contribution >= 0.6 is 0 Å². The van der Waals surface area contributed by atoms with Crippen LogP contribution in [-0.2, 0) is 20.4 Å². The maximum atomic E-state index is 13.9. The van der Waals surface area contributed by atoms with Gasteiger partial charge >= 0.3 is 12.2 Å². The van der Waals surface area contributed by atoms with Crippen molar-refractivity contribution < 1.29 is 23.5 Å². The number of carbonyl (C=O) groups is 2. The van der Waals surface area contributed by atoms with Crippen LogP contribution in [0.25, 0.3) is 5.65 Å². The van der Waals surface area contributed by atoms with E-state index >= 15 is 0 Å². The van der Waals surface area contributed by atoms with E-state index in [1.54, 1.807) is 14.3 Å². The highest BCUT2D eigenvalue weighted by Gasteiger charge is 2.42. The van der Waals surface area contributed by atoms with E-state index < -0.39 is 25.6 Å². The molecule has 1 N–H and O–H groups in total. The summed E-state index contributed by atoms with van der Waals surface area (Å²) in [5, 5.41) is 8.35. The number of likely N-dealkylation sites (tertiary alicyclic amines) is 1. The Balaban J connectivity index is 1.73. The highest BCUT2D eigenvalue weighted by Crippen LogP contribution is 2.37. The maximum Gasteiger partial charge on any atom is 0.416 e. The molecular weight excluding hydrogens is 637 g/mol. The van der Waals surface area contributed by atoms with Gasteiger partial charge < -0.3 is 24.1 Å². The number of benzene rings is 1. The molecule has 2 amide bonds. The van der Waals surface area contributed by atoms with Gasteiger partial charge in [-0.15, -0.1) is 0 Å². The van der Waals surface area contributed by atoms with Crippen LogP contribution in [0.4, 0.5) is 21.2 Å². The molecule has 3 heterocycles. The summed E-state index contributed by atoms with van der Waals surface area (Å²) in [5.74, 6) is 1.24. The predicted molar refractivity (Wildman–Crippen MR) is 198 cm³/mol. The Bertz CT molecular complexity index is 1600. The third kappa shape index (κ3) is 9.75. The lowest BCUT2D eigenvalue weighted by molar-refractivity contribution is 0.0180. The van der Waals surface area contributed by atoms with E-state index in [1.807, 2.05) is 84.1 Å². The molecule has 0 aliphatic carbocycles. The van der Waals surface area contributed by atoms with Crippen LogP contribution in [0.1, 0.15) is 99.6 Å². The first kappa shape index (κ1) is 38.2. The van der Waals surface area contributed by atoms with Gasteiger partial charge in [0.1, 0.15) is 22.8 Å². The monoisotopic (exact) mass is 694 g/mol. The second kappa shape index (κ2) is 14.3. The topological polar surface area (TPSA) is 111 Å². The molecule has 0 spiro atoms. The van der Waals surface area contributed by atoms with Crippen LogP contribution in [-0.4, -0.2) is 76.4 Å². The molecule has 1 aromatic carbocycles. The fourth-order valence-corrected chi connectivity index (χ4v) is 6.46. The van der Waals surface area contributed by atoms with E-state index in [9.17, 15) is 9.59 Å². The minimum Gasteiger partial charge on any atom is -0.444 e. The molecule has 3 aromatic rings. The summed E-state index contributed by atoms with van der Waals surface area (Å²) < 4.78 is 20.1. The number of fused-ring (bicyclic) bond motifs is 1. The first-order chi connectivity index (χ1) is 22.5. The van der Waals surface area contributed by atoms with Crippen LogP contribution in [0.3, 0.4) is 0 Å². The van der Waals surface area contributed by atoms with Crippen LogP contribution in [0, 0.1) is 0 Å². The first-order valence-corrected chi connectivity index (χ1v) is 20.3. The standard InChI is InChI=1S/C37H58N6O5Si/c1-25(2)29-21-38-43-31(42(34(45)48-36(6,7)8)22-26-17-15-14-16-18-26)20-30(40-32(29)43)39-27-19-28(24-46-49(12,13)37(9,10)11)41(23-27)33(44)47-35(3,4)5/h14-18,20-21,25,27-28H,19,22-24H2,1-13H3,(H,39,40). The molecule has 11 nitrogen and oxygen atoms in total. The summed E-state index contributed by atoms with van der Waals surface area (Å²) >= 11 is 0. The second-order valence-corrected chi connectivity index (χ2v) is 21.8. The van der Waals surface area contributed by atoms with Crippen molar-refractivity contribution in [2.45, 2.75) is 136 Å². The van der Waals surface area contributed by atoms with Gasteiger partial charge in [-0.25, -0.2) is 14.6 Å². The van der Waals surface area contributed by atoms with E-state index in [0.717, 1.165) is 11.1 Å². The lowest BCUT2D eigenvalue weighted by Gasteiger charge is -2.38. The van der Waals surface area contributed by atoms with E-state index in [0.29, 0.717) is 36.9 Å². The first-order valence-electron chi connectivity index (χ1n) is 17.4. The van der Waals surface area contributed by atoms with Gasteiger partial charge in [0.25, 0.3) is 0 Å². The van der Waals surface area contributed by atoms with E-state index in [4.69, 9.17) is 24.0 Å². The normalized spacial score (nSPS) is 17.5. The molecule has 4 rings (SSSR count). The molecule has 270 valence electrons. The van der Waals surface area contributed by atoms with E-state index in [1.165, 1.54) is 0 Å². The van der Waals surface area contributed by atoms with Gasteiger partial charge in [-0.2, -0.15) is 9.61 Å². The van der Waals surface area contributed by atoms with Crippen molar-refractivity contribution in [3.05, 3.63) is 53.7 Å². The molecule has 1 fully saturated rings. The molecule has 1 aliphatic heterocycles. The van der Waals surface area contributed by atoms with Crippen molar-refractivity contribution in [2.24, 2.45) is 0 Å². The Kier molecular flexibility index (Phi) is 11.1. The molecule has 0 saturated carbocycles. The number of ether oxygens (including phenoxy) is 2. The van der Waals surface area contributed by atoms with Crippen molar-refractivity contribution in [1.82, 2.24) is 19.5 Å². The lowest BCUT2D eigenvalue weighted by atomic mass is 10.1. The SMILES string of the molecule is CC(C)c1cnn2c(N(Cc3ccccc3)C(=O)OC(C)(C)C)cc(NC3CC(CO[Si](C)(C)C(C)(C)C)N(C(=O)OC(C)(C)C)C3)nc12. The number of rotatable bonds is 9. The molecule has 0 radical (unpaired) electrons. The number of nitrogens with zero attached hydrogens (tertiary/aromatic N) is 5. The average Bonchev–Trinajstić information content (AvgIpc) is 3.57.